The minimum atomic E-state index is -4.52. The molecule has 1 saturated heterocycles. The molecule has 2 unspecified atom stereocenters. The van der Waals surface area contributed by atoms with Crippen molar-refractivity contribution in [1.82, 2.24) is 0 Å². The number of rotatable bonds is 2. The van der Waals surface area contributed by atoms with Gasteiger partial charge in [-0.15, -0.1) is 0 Å². The van der Waals surface area contributed by atoms with Gasteiger partial charge in [0.15, 0.2) is 0 Å². The number of alkyl halides is 3. The largest absolute Gasteiger partial charge is 0.480 e. The van der Waals surface area contributed by atoms with Crippen LogP contribution in [0.1, 0.15) is 25.3 Å². The molecule has 0 spiro atoms. The molecule has 0 saturated carbocycles. The maximum Gasteiger partial charge on any atom is 0.418 e. The molecule has 0 amide bonds. The molecule has 2 rings (SSSR count). The van der Waals surface area contributed by atoms with E-state index in [-0.39, 0.29) is 11.6 Å². The summed E-state index contributed by atoms with van der Waals surface area (Å²) in [6.45, 7) is 2.22. The van der Waals surface area contributed by atoms with Gasteiger partial charge in [-0.25, -0.2) is 4.79 Å². The Bertz CT molecular complexity index is 548. The third-order valence-corrected chi connectivity index (χ3v) is 4.22. The average molecular weight is 366 g/mol. The fraction of sp³-hybridized carbons (Fsp3) is 0.500. The van der Waals surface area contributed by atoms with Gasteiger partial charge >= 0.3 is 12.1 Å². The highest BCUT2D eigenvalue weighted by molar-refractivity contribution is 9.10. The molecule has 7 heteroatoms. The topological polar surface area (TPSA) is 40.5 Å². The molecule has 1 heterocycles. The van der Waals surface area contributed by atoms with E-state index in [1.54, 1.807) is 0 Å². The molecule has 0 bridgehead atoms. The van der Waals surface area contributed by atoms with E-state index in [9.17, 15) is 23.1 Å². The van der Waals surface area contributed by atoms with Gasteiger partial charge in [0, 0.05) is 16.7 Å². The van der Waals surface area contributed by atoms with Gasteiger partial charge in [0.1, 0.15) is 6.04 Å². The van der Waals surface area contributed by atoms with Crippen molar-refractivity contribution in [1.29, 1.82) is 0 Å². The molecular formula is C14H15BrF3NO2. The van der Waals surface area contributed by atoms with Gasteiger partial charge in [0.25, 0.3) is 0 Å². The third-order valence-electron chi connectivity index (χ3n) is 3.72. The Balaban J connectivity index is 2.47. The third kappa shape index (κ3) is 3.51. The van der Waals surface area contributed by atoms with Crippen LogP contribution in [-0.4, -0.2) is 23.7 Å². The summed E-state index contributed by atoms with van der Waals surface area (Å²) < 4.78 is 39.9. The minimum Gasteiger partial charge on any atom is -0.480 e. The van der Waals surface area contributed by atoms with Crippen molar-refractivity contribution in [3.8, 4) is 0 Å². The van der Waals surface area contributed by atoms with Crippen LogP contribution in [0.3, 0.4) is 0 Å². The Labute approximate surface area is 128 Å². The van der Waals surface area contributed by atoms with Crippen LogP contribution in [0.25, 0.3) is 0 Å². The zero-order chi connectivity index (χ0) is 15.8. The van der Waals surface area contributed by atoms with Gasteiger partial charge in [-0.3, -0.25) is 0 Å². The summed E-state index contributed by atoms with van der Waals surface area (Å²) in [6, 6.07) is 2.91. The van der Waals surface area contributed by atoms with Crippen LogP contribution in [0.2, 0.25) is 0 Å². The Morgan fingerprint density at radius 1 is 1.43 bits per heavy atom. The van der Waals surface area contributed by atoms with E-state index in [1.165, 1.54) is 17.0 Å². The first-order valence-corrected chi connectivity index (χ1v) is 7.35. The number of anilines is 1. The number of aliphatic carboxylic acids is 1. The molecule has 1 aromatic carbocycles. The van der Waals surface area contributed by atoms with E-state index in [2.05, 4.69) is 15.9 Å². The number of halogens is 4. The Kier molecular flexibility index (Phi) is 4.51. The fourth-order valence-corrected chi connectivity index (χ4v) is 3.01. The van der Waals surface area contributed by atoms with Gasteiger partial charge in [0.2, 0.25) is 0 Å². The van der Waals surface area contributed by atoms with Crippen LogP contribution in [0.15, 0.2) is 22.7 Å². The van der Waals surface area contributed by atoms with Gasteiger partial charge < -0.3 is 10.0 Å². The van der Waals surface area contributed by atoms with E-state index in [4.69, 9.17) is 0 Å². The van der Waals surface area contributed by atoms with Crippen molar-refractivity contribution in [2.45, 2.75) is 32.0 Å². The van der Waals surface area contributed by atoms with Crippen molar-refractivity contribution >= 4 is 27.6 Å². The lowest BCUT2D eigenvalue weighted by atomic mass is 9.91. The second kappa shape index (κ2) is 5.87. The van der Waals surface area contributed by atoms with Crippen LogP contribution in [-0.2, 0) is 11.0 Å². The van der Waals surface area contributed by atoms with Gasteiger partial charge in [-0.2, -0.15) is 13.2 Å². The number of piperidine rings is 1. The smallest absolute Gasteiger partial charge is 0.418 e. The first-order chi connectivity index (χ1) is 9.70. The Morgan fingerprint density at radius 2 is 2.10 bits per heavy atom. The number of carbonyl (C=O) groups is 1. The van der Waals surface area contributed by atoms with Crippen molar-refractivity contribution in [2.24, 2.45) is 5.92 Å². The van der Waals surface area contributed by atoms with E-state index >= 15 is 0 Å². The molecule has 1 aliphatic heterocycles. The van der Waals surface area contributed by atoms with Crippen molar-refractivity contribution in [3.63, 3.8) is 0 Å². The lowest BCUT2D eigenvalue weighted by molar-refractivity contribution is -0.141. The zero-order valence-corrected chi connectivity index (χ0v) is 12.9. The number of carboxylic acid groups (broad SMARTS) is 1. The summed E-state index contributed by atoms with van der Waals surface area (Å²) in [4.78, 5) is 12.7. The summed E-state index contributed by atoms with van der Waals surface area (Å²) in [6.07, 6.45) is -3.49. The molecule has 2 atom stereocenters. The van der Waals surface area contributed by atoms with Crippen molar-refractivity contribution in [2.75, 3.05) is 11.4 Å². The predicted octanol–water partition coefficient (Wildman–Crippen LogP) is 4.16. The average Bonchev–Trinajstić information content (AvgIpc) is 2.38. The van der Waals surface area contributed by atoms with Crippen molar-refractivity contribution < 1.29 is 23.1 Å². The van der Waals surface area contributed by atoms with Crippen molar-refractivity contribution in [3.05, 3.63) is 28.2 Å². The van der Waals surface area contributed by atoms with E-state index in [0.717, 1.165) is 6.07 Å². The van der Waals surface area contributed by atoms with Crippen LogP contribution >= 0.6 is 15.9 Å². The number of nitrogens with zero attached hydrogens (tertiary/aromatic N) is 1. The van der Waals surface area contributed by atoms with E-state index in [0.29, 0.717) is 23.9 Å². The summed E-state index contributed by atoms with van der Waals surface area (Å²) >= 11 is 3.03. The molecule has 1 aromatic rings. The summed E-state index contributed by atoms with van der Waals surface area (Å²) in [5, 5.41) is 9.30. The lowest BCUT2D eigenvalue weighted by Gasteiger charge is -2.38. The minimum absolute atomic E-state index is 0.0648. The fourth-order valence-electron chi connectivity index (χ4n) is 2.65. The standard InChI is InChI=1S/C14H15BrF3NO2/c1-8-4-5-19(12(6-8)13(20)21)11-3-2-9(15)7-10(11)14(16,17)18/h2-3,7-8,12H,4-6H2,1H3,(H,20,21). The van der Waals surface area contributed by atoms with Gasteiger partial charge in [-0.1, -0.05) is 22.9 Å². The number of hydrogen-bond donors (Lipinski definition) is 1. The molecule has 0 aliphatic carbocycles. The molecule has 116 valence electrons. The number of hydrogen-bond acceptors (Lipinski definition) is 2. The first kappa shape index (κ1) is 16.1. The number of carboxylic acids is 1. The van der Waals surface area contributed by atoms with Gasteiger partial charge in [-0.05, 0) is 37.0 Å². The molecule has 1 N–H and O–H groups in total. The van der Waals surface area contributed by atoms with Gasteiger partial charge in [0.05, 0.1) is 5.56 Å². The van der Waals surface area contributed by atoms with E-state index in [1.807, 2.05) is 6.92 Å². The molecule has 0 radical (unpaired) electrons. The predicted molar refractivity (Wildman–Crippen MR) is 76.3 cm³/mol. The molecular weight excluding hydrogens is 351 g/mol. The first-order valence-electron chi connectivity index (χ1n) is 6.56. The van der Waals surface area contributed by atoms with Crippen LogP contribution in [0, 0.1) is 5.92 Å². The van der Waals surface area contributed by atoms with Crippen LogP contribution < -0.4 is 4.90 Å². The summed E-state index contributed by atoms with van der Waals surface area (Å²) in [5.74, 6) is -0.898. The number of benzene rings is 1. The molecule has 1 fully saturated rings. The van der Waals surface area contributed by atoms with Crippen LogP contribution in [0.5, 0.6) is 0 Å². The SMILES string of the molecule is CC1CCN(c2ccc(Br)cc2C(F)(F)F)C(C(=O)O)C1. The highest BCUT2D eigenvalue weighted by Crippen LogP contribution is 2.40. The molecule has 1 aliphatic rings. The maximum absolute atomic E-state index is 13.2. The highest BCUT2D eigenvalue weighted by atomic mass is 79.9. The summed E-state index contributed by atoms with van der Waals surface area (Å²) in [7, 11) is 0. The summed E-state index contributed by atoms with van der Waals surface area (Å²) in [5.41, 5.74) is -0.873. The molecule has 21 heavy (non-hydrogen) atoms. The lowest BCUT2D eigenvalue weighted by Crippen LogP contribution is -2.47. The Hall–Kier alpha value is -1.24. The second-order valence-corrected chi connectivity index (χ2v) is 6.25. The molecule has 3 nitrogen and oxygen atoms in total. The van der Waals surface area contributed by atoms with Crippen LogP contribution in [0.4, 0.5) is 18.9 Å². The monoisotopic (exact) mass is 365 g/mol. The zero-order valence-electron chi connectivity index (χ0n) is 11.3. The highest BCUT2D eigenvalue weighted by Gasteiger charge is 2.39. The quantitative estimate of drug-likeness (QED) is 0.855. The second-order valence-electron chi connectivity index (χ2n) is 5.34. The Morgan fingerprint density at radius 3 is 2.67 bits per heavy atom. The molecule has 0 aromatic heterocycles. The van der Waals surface area contributed by atoms with E-state index < -0.39 is 23.8 Å². The maximum atomic E-state index is 13.2. The normalized spacial score (nSPS) is 23.2.